The highest BCUT2D eigenvalue weighted by atomic mass is 35.5. The Morgan fingerprint density at radius 1 is 1.07 bits per heavy atom. The summed E-state index contributed by atoms with van der Waals surface area (Å²) >= 11 is 13.6. The molecule has 0 saturated carbocycles. The molecule has 2 saturated heterocycles. The number of likely N-dealkylation sites (tertiary alicyclic amines) is 1. The van der Waals surface area contributed by atoms with Gasteiger partial charge in [-0.05, 0) is 64.4 Å². The van der Waals surface area contributed by atoms with E-state index in [0.29, 0.717) is 64.8 Å². The molecule has 226 valence electrons. The molecule has 5 aromatic rings. The molecule has 5 heterocycles. The van der Waals surface area contributed by atoms with Gasteiger partial charge in [0.15, 0.2) is 5.82 Å². The Morgan fingerprint density at radius 2 is 1.82 bits per heavy atom. The summed E-state index contributed by atoms with van der Waals surface area (Å²) < 4.78 is 19.0. The molecule has 0 bridgehead atoms. The Bertz CT molecular complexity index is 2030. The van der Waals surface area contributed by atoms with E-state index in [4.69, 9.17) is 33.3 Å². The monoisotopic (exact) mass is 632 g/mol. The fraction of sp³-hybridized carbons (Fsp3) is 0.375. The van der Waals surface area contributed by atoms with Gasteiger partial charge in [-0.1, -0.05) is 29.1 Å². The van der Waals surface area contributed by atoms with Crippen LogP contribution in [0.1, 0.15) is 31.4 Å². The molecule has 2 aliphatic rings. The third-order valence-corrected chi connectivity index (χ3v) is 9.81. The number of benzene rings is 2. The minimum absolute atomic E-state index is 0.0118. The molecule has 2 aliphatic heterocycles. The van der Waals surface area contributed by atoms with Crippen LogP contribution in [0.15, 0.2) is 24.5 Å². The molecule has 3 aromatic heterocycles. The number of carbonyl (C=O) groups excluding carboxylic acids is 1. The zero-order chi connectivity index (χ0) is 30.9. The molecule has 44 heavy (non-hydrogen) atoms. The minimum atomic E-state index is -0.514. The van der Waals surface area contributed by atoms with Crippen molar-refractivity contribution in [1.29, 1.82) is 0 Å². The largest absolute Gasteiger partial charge is 0.353 e. The number of aromatic amines is 1. The summed E-state index contributed by atoms with van der Waals surface area (Å²) in [7, 11) is 4.12. The number of hydrogen-bond donors (Lipinski definition) is 1. The summed E-state index contributed by atoms with van der Waals surface area (Å²) in [5.41, 5.74) is 3.25. The number of nitrogens with zero attached hydrogens (tertiary/aromatic N) is 7. The summed E-state index contributed by atoms with van der Waals surface area (Å²) in [6, 6.07) is 3.97. The highest BCUT2D eigenvalue weighted by molar-refractivity contribution is 6.36. The van der Waals surface area contributed by atoms with E-state index in [2.05, 4.69) is 45.9 Å². The Kier molecular flexibility index (Phi) is 7.15. The summed E-state index contributed by atoms with van der Waals surface area (Å²) in [5, 5.41) is 14.9. The smallest absolute Gasteiger partial charge is 0.298 e. The summed E-state index contributed by atoms with van der Waals surface area (Å²) in [6.07, 6.45) is 4.90. The van der Waals surface area contributed by atoms with Gasteiger partial charge < -0.3 is 14.7 Å². The molecule has 0 spiro atoms. The van der Waals surface area contributed by atoms with E-state index in [1.165, 1.54) is 0 Å². The van der Waals surface area contributed by atoms with Gasteiger partial charge in [0.2, 0.25) is 0 Å². The Balaban J connectivity index is 1.42. The maximum atomic E-state index is 17.0. The molecule has 2 fully saturated rings. The second-order valence-corrected chi connectivity index (χ2v) is 12.7. The summed E-state index contributed by atoms with van der Waals surface area (Å²) in [5.74, 6) is 5.36. The van der Waals surface area contributed by atoms with Crippen molar-refractivity contribution >= 4 is 67.6 Å². The van der Waals surface area contributed by atoms with Gasteiger partial charge >= 0.3 is 0 Å². The number of H-pyrrole nitrogens is 1. The lowest BCUT2D eigenvalue weighted by Gasteiger charge is -2.43. The van der Waals surface area contributed by atoms with E-state index < -0.39 is 5.82 Å². The number of hydrogen-bond acceptors (Lipinski definition) is 6. The van der Waals surface area contributed by atoms with Gasteiger partial charge in [0.05, 0.1) is 39.9 Å². The molecular formula is C32H31Cl2FN8O. The molecule has 0 aliphatic carbocycles. The number of pyridine rings is 1. The number of likely N-dealkylation sites (N-methyl/N-ethyl adjacent to an activating group) is 1. The van der Waals surface area contributed by atoms with Crippen molar-refractivity contribution in [2.24, 2.45) is 0 Å². The SMILES string of the molecule is CC#CC(=O)N1CCC(n2ncc3c(N4CC(N(C)C)C4)nc4c(F)c(-c5c(C)c(Cl)cc6[nH]ncc56)c(Cl)cc4c32)CC1. The second-order valence-electron chi connectivity index (χ2n) is 11.8. The first-order chi connectivity index (χ1) is 21.2. The number of fused-ring (bicyclic) bond motifs is 4. The van der Waals surface area contributed by atoms with Crippen LogP contribution in [0.4, 0.5) is 10.2 Å². The zero-order valence-electron chi connectivity index (χ0n) is 24.9. The van der Waals surface area contributed by atoms with Crippen LogP contribution in [0.3, 0.4) is 0 Å². The van der Waals surface area contributed by atoms with E-state index >= 15 is 4.39 Å². The molecule has 7 rings (SSSR count). The molecule has 0 radical (unpaired) electrons. The van der Waals surface area contributed by atoms with Gasteiger partial charge in [-0.2, -0.15) is 10.2 Å². The molecule has 9 nitrogen and oxygen atoms in total. The highest BCUT2D eigenvalue weighted by Crippen LogP contribution is 2.45. The molecule has 0 unspecified atom stereocenters. The Labute approximate surface area is 263 Å². The van der Waals surface area contributed by atoms with Crippen LogP contribution in [0.5, 0.6) is 0 Å². The van der Waals surface area contributed by atoms with Gasteiger partial charge in [0.1, 0.15) is 11.3 Å². The summed E-state index contributed by atoms with van der Waals surface area (Å²) in [4.78, 5) is 23.5. The molecule has 0 atom stereocenters. The fourth-order valence-corrected chi connectivity index (χ4v) is 7.03. The average molecular weight is 634 g/mol. The highest BCUT2D eigenvalue weighted by Gasteiger charge is 2.34. The van der Waals surface area contributed by atoms with Crippen molar-refractivity contribution in [2.75, 3.05) is 45.2 Å². The number of rotatable bonds is 4. The number of aromatic nitrogens is 5. The van der Waals surface area contributed by atoms with Crippen LogP contribution in [-0.2, 0) is 4.79 Å². The normalized spacial score (nSPS) is 16.3. The molecule has 1 N–H and O–H groups in total. The zero-order valence-corrected chi connectivity index (χ0v) is 26.4. The molecular weight excluding hydrogens is 602 g/mol. The van der Waals surface area contributed by atoms with E-state index in [-0.39, 0.29) is 28.1 Å². The predicted octanol–water partition coefficient (Wildman–Crippen LogP) is 5.82. The van der Waals surface area contributed by atoms with Crippen LogP contribution in [0.2, 0.25) is 10.0 Å². The maximum Gasteiger partial charge on any atom is 0.298 e. The lowest BCUT2D eigenvalue weighted by Crippen LogP contribution is -2.57. The van der Waals surface area contributed by atoms with E-state index in [1.54, 1.807) is 30.2 Å². The van der Waals surface area contributed by atoms with Gasteiger partial charge in [-0.25, -0.2) is 9.37 Å². The van der Waals surface area contributed by atoms with Crippen molar-refractivity contribution in [1.82, 2.24) is 34.8 Å². The quantitative estimate of drug-likeness (QED) is 0.251. The maximum absolute atomic E-state index is 17.0. The van der Waals surface area contributed by atoms with E-state index in [1.807, 2.05) is 17.8 Å². The standard InChI is InChI=1S/C32H31Cl2FN8O/c1-5-6-26(44)41-9-7-18(8-10-41)43-31-20-11-24(34)28(27-17(2)23(33)12-25-21(27)13-36-39-25)29(35)30(20)38-32(22(31)14-37-43)42-15-19(16-42)40(3)4/h11-14,18-19H,7-10,15-16H2,1-4H3,(H,36,39). The van der Waals surface area contributed by atoms with E-state index in [9.17, 15) is 4.79 Å². The van der Waals surface area contributed by atoms with Crippen LogP contribution in [-0.4, -0.2) is 87.0 Å². The number of anilines is 1. The lowest BCUT2D eigenvalue weighted by atomic mass is 9.94. The fourth-order valence-electron chi connectivity index (χ4n) is 6.54. The first-order valence-corrected chi connectivity index (χ1v) is 15.4. The third-order valence-electron chi connectivity index (χ3n) is 9.12. The van der Waals surface area contributed by atoms with Crippen LogP contribution >= 0.6 is 23.2 Å². The number of nitrogens with one attached hydrogen (secondary N) is 1. The number of halogens is 3. The van der Waals surface area contributed by atoms with Crippen molar-refractivity contribution < 1.29 is 9.18 Å². The number of amides is 1. The first kappa shape index (κ1) is 28.8. The molecule has 12 heteroatoms. The van der Waals surface area contributed by atoms with Gasteiger partial charge in [0.25, 0.3) is 5.91 Å². The number of carbonyl (C=O) groups is 1. The average Bonchev–Trinajstić information content (AvgIpc) is 3.62. The third kappa shape index (κ3) is 4.48. The van der Waals surface area contributed by atoms with Gasteiger partial charge in [-0.3, -0.25) is 14.6 Å². The Hall–Kier alpha value is -3.91. The molecule has 1 amide bonds. The van der Waals surface area contributed by atoms with Crippen molar-refractivity contribution in [3.05, 3.63) is 46.0 Å². The topological polar surface area (TPSA) is 86.2 Å². The van der Waals surface area contributed by atoms with Crippen molar-refractivity contribution in [3.63, 3.8) is 0 Å². The molecule has 2 aromatic carbocycles. The summed E-state index contributed by atoms with van der Waals surface area (Å²) in [6.45, 7) is 6.20. The van der Waals surface area contributed by atoms with Gasteiger partial charge in [0, 0.05) is 59.1 Å². The minimum Gasteiger partial charge on any atom is -0.353 e. The Morgan fingerprint density at radius 3 is 2.52 bits per heavy atom. The van der Waals surface area contributed by atoms with Crippen LogP contribution in [0, 0.1) is 24.6 Å². The van der Waals surface area contributed by atoms with Crippen LogP contribution in [0.25, 0.3) is 43.8 Å². The predicted molar refractivity (Wildman–Crippen MR) is 173 cm³/mol. The van der Waals surface area contributed by atoms with Crippen molar-refractivity contribution in [3.8, 4) is 23.0 Å². The second kappa shape index (κ2) is 10.9. The first-order valence-electron chi connectivity index (χ1n) is 14.6. The van der Waals surface area contributed by atoms with Crippen molar-refractivity contribution in [2.45, 2.75) is 38.8 Å². The van der Waals surface area contributed by atoms with E-state index in [0.717, 1.165) is 29.4 Å². The number of piperidine rings is 1. The lowest BCUT2D eigenvalue weighted by molar-refractivity contribution is -0.126. The van der Waals surface area contributed by atoms with Gasteiger partial charge in [-0.15, -0.1) is 0 Å². The van der Waals surface area contributed by atoms with Crippen LogP contribution < -0.4 is 4.90 Å².